The molecule has 7 nitrogen and oxygen atoms in total. The lowest BCUT2D eigenvalue weighted by molar-refractivity contribution is -0.147. The van der Waals surface area contributed by atoms with Crippen molar-refractivity contribution in [3.63, 3.8) is 0 Å². The maximum Gasteiger partial charge on any atom is 0.341 e. The van der Waals surface area contributed by atoms with Gasteiger partial charge in [-0.3, -0.25) is 9.59 Å². The van der Waals surface area contributed by atoms with Crippen LogP contribution in [0.3, 0.4) is 0 Å². The first-order chi connectivity index (χ1) is 14.0. The molecule has 0 unspecified atom stereocenters. The van der Waals surface area contributed by atoms with E-state index < -0.39 is 24.5 Å². The summed E-state index contributed by atoms with van der Waals surface area (Å²) in [5, 5.41) is 3.06. The summed E-state index contributed by atoms with van der Waals surface area (Å²) >= 11 is 1.30. The minimum Gasteiger partial charge on any atom is -0.493 e. The van der Waals surface area contributed by atoms with E-state index in [-0.39, 0.29) is 19.6 Å². The summed E-state index contributed by atoms with van der Waals surface area (Å²) in [6.07, 6.45) is 0.664. The highest BCUT2D eigenvalue weighted by atomic mass is 32.1. The SMILES string of the molecule is CCOC(=O)c1c(NC(=O)COC(=O)CCOc2ccccc2)sc(C)c1CC. The average Bonchev–Trinajstić information content (AvgIpc) is 3.02. The minimum absolute atomic E-state index is 0.0222. The fourth-order valence-electron chi connectivity index (χ4n) is 2.66. The third-order valence-corrected chi connectivity index (χ3v) is 5.04. The fraction of sp³-hybridized carbons (Fsp3) is 0.381. The molecule has 1 N–H and O–H groups in total. The van der Waals surface area contributed by atoms with Crippen molar-refractivity contribution >= 4 is 34.2 Å². The molecule has 156 valence electrons. The Bertz CT molecular complexity index is 846. The molecule has 1 amide bonds. The monoisotopic (exact) mass is 419 g/mol. The van der Waals surface area contributed by atoms with Crippen LogP contribution in [0, 0.1) is 6.92 Å². The number of carbonyl (C=O) groups is 3. The van der Waals surface area contributed by atoms with Crippen LogP contribution in [0.2, 0.25) is 0 Å². The zero-order chi connectivity index (χ0) is 21.2. The largest absolute Gasteiger partial charge is 0.493 e. The molecule has 1 aromatic heterocycles. The fourth-order valence-corrected chi connectivity index (χ4v) is 3.81. The topological polar surface area (TPSA) is 90.9 Å². The number of hydrogen-bond acceptors (Lipinski definition) is 7. The van der Waals surface area contributed by atoms with Gasteiger partial charge in [0.25, 0.3) is 5.91 Å². The normalized spacial score (nSPS) is 10.3. The van der Waals surface area contributed by atoms with Gasteiger partial charge in [-0.05, 0) is 38.0 Å². The second-order valence-corrected chi connectivity index (χ2v) is 7.26. The van der Waals surface area contributed by atoms with E-state index >= 15 is 0 Å². The van der Waals surface area contributed by atoms with E-state index in [1.54, 1.807) is 19.1 Å². The molecule has 0 atom stereocenters. The third kappa shape index (κ3) is 6.60. The number of carbonyl (C=O) groups excluding carboxylic acids is 3. The molecule has 0 saturated carbocycles. The van der Waals surface area contributed by atoms with Crippen LogP contribution in [0.5, 0.6) is 5.75 Å². The summed E-state index contributed by atoms with van der Waals surface area (Å²) in [5.74, 6) is -0.876. The second kappa shape index (κ2) is 11.2. The van der Waals surface area contributed by atoms with E-state index in [0.717, 1.165) is 10.4 Å². The summed E-state index contributed by atoms with van der Waals surface area (Å²) in [4.78, 5) is 37.2. The zero-order valence-electron chi connectivity index (χ0n) is 16.8. The van der Waals surface area contributed by atoms with Crippen molar-refractivity contribution in [2.24, 2.45) is 0 Å². The van der Waals surface area contributed by atoms with Crippen molar-refractivity contribution in [2.45, 2.75) is 33.6 Å². The number of thiophene rings is 1. The van der Waals surface area contributed by atoms with Crippen LogP contribution < -0.4 is 10.1 Å². The smallest absolute Gasteiger partial charge is 0.341 e. The van der Waals surface area contributed by atoms with Gasteiger partial charge in [0.1, 0.15) is 10.8 Å². The number of para-hydroxylation sites is 1. The predicted molar refractivity (Wildman–Crippen MR) is 111 cm³/mol. The molecule has 2 aromatic rings. The molecule has 0 bridgehead atoms. The number of aryl methyl sites for hydroxylation is 1. The summed E-state index contributed by atoms with van der Waals surface area (Å²) in [7, 11) is 0. The van der Waals surface area contributed by atoms with Crippen LogP contribution in [0.1, 0.15) is 41.1 Å². The number of esters is 2. The van der Waals surface area contributed by atoms with Crippen LogP contribution >= 0.6 is 11.3 Å². The first-order valence-corrected chi connectivity index (χ1v) is 10.2. The molecular formula is C21H25NO6S. The Morgan fingerprint density at radius 3 is 2.45 bits per heavy atom. The number of ether oxygens (including phenoxy) is 3. The summed E-state index contributed by atoms with van der Waals surface area (Å²) < 4.78 is 15.5. The molecule has 0 aliphatic heterocycles. The molecule has 0 radical (unpaired) electrons. The number of benzene rings is 1. The van der Waals surface area contributed by atoms with Crippen LogP contribution in [-0.4, -0.2) is 37.7 Å². The molecular weight excluding hydrogens is 394 g/mol. The Morgan fingerprint density at radius 1 is 1.07 bits per heavy atom. The van der Waals surface area contributed by atoms with Crippen LogP contribution in [0.15, 0.2) is 30.3 Å². The first-order valence-electron chi connectivity index (χ1n) is 9.38. The van der Waals surface area contributed by atoms with Gasteiger partial charge >= 0.3 is 11.9 Å². The summed E-state index contributed by atoms with van der Waals surface area (Å²) in [5.41, 5.74) is 1.21. The minimum atomic E-state index is -0.543. The first kappa shape index (κ1) is 22.4. The molecule has 0 fully saturated rings. The molecule has 2 rings (SSSR count). The summed E-state index contributed by atoms with van der Waals surface area (Å²) in [6.45, 7) is 5.50. The third-order valence-electron chi connectivity index (χ3n) is 3.98. The van der Waals surface area contributed by atoms with Crippen LogP contribution in [0.4, 0.5) is 5.00 Å². The van der Waals surface area contributed by atoms with E-state index in [1.807, 2.05) is 32.0 Å². The Labute approximate surface area is 174 Å². The molecule has 8 heteroatoms. The number of amides is 1. The van der Waals surface area contributed by atoms with Gasteiger partial charge in [-0.1, -0.05) is 25.1 Å². The number of anilines is 1. The standard InChI is InChI=1S/C21H25NO6S/c1-4-16-14(3)29-20(19(16)21(25)26-5-2)22-17(23)13-28-18(24)11-12-27-15-9-7-6-8-10-15/h6-10H,4-5,11-13H2,1-3H3,(H,22,23). The lowest BCUT2D eigenvalue weighted by Crippen LogP contribution is -2.22. The van der Waals surface area contributed by atoms with E-state index in [2.05, 4.69) is 5.32 Å². The van der Waals surface area contributed by atoms with E-state index in [0.29, 0.717) is 22.7 Å². The predicted octanol–water partition coefficient (Wildman–Crippen LogP) is 3.75. The van der Waals surface area contributed by atoms with Crippen molar-refractivity contribution < 1.29 is 28.6 Å². The number of nitrogens with one attached hydrogen (secondary N) is 1. The maximum absolute atomic E-state index is 12.3. The Balaban J connectivity index is 1.85. The van der Waals surface area contributed by atoms with Gasteiger partial charge in [0, 0.05) is 4.88 Å². The molecule has 0 aliphatic carbocycles. The Kier molecular flexibility index (Phi) is 8.67. The van der Waals surface area contributed by atoms with E-state index in [9.17, 15) is 14.4 Å². The lowest BCUT2D eigenvalue weighted by atomic mass is 10.1. The maximum atomic E-state index is 12.3. The molecule has 0 spiro atoms. The molecule has 1 aromatic carbocycles. The molecule has 0 aliphatic rings. The highest BCUT2D eigenvalue weighted by molar-refractivity contribution is 7.16. The van der Waals surface area contributed by atoms with Crippen molar-refractivity contribution in [2.75, 3.05) is 25.1 Å². The van der Waals surface area contributed by atoms with Crippen molar-refractivity contribution in [1.82, 2.24) is 0 Å². The van der Waals surface area contributed by atoms with E-state index in [1.165, 1.54) is 11.3 Å². The molecule has 0 saturated heterocycles. The van der Waals surface area contributed by atoms with Crippen molar-refractivity contribution in [1.29, 1.82) is 0 Å². The molecule has 29 heavy (non-hydrogen) atoms. The van der Waals surface area contributed by atoms with Crippen LogP contribution in [0.25, 0.3) is 0 Å². The van der Waals surface area contributed by atoms with Gasteiger partial charge in [-0.2, -0.15) is 0 Å². The lowest BCUT2D eigenvalue weighted by Gasteiger charge is -2.09. The average molecular weight is 419 g/mol. The Hall–Kier alpha value is -2.87. The van der Waals surface area contributed by atoms with Gasteiger partial charge in [0.05, 0.1) is 25.2 Å². The number of rotatable bonds is 10. The Morgan fingerprint density at radius 2 is 1.79 bits per heavy atom. The van der Waals surface area contributed by atoms with Crippen LogP contribution in [-0.2, 0) is 25.5 Å². The summed E-state index contributed by atoms with van der Waals surface area (Å²) in [6, 6.07) is 9.10. The van der Waals surface area contributed by atoms with Crippen molar-refractivity contribution in [3.05, 3.63) is 46.3 Å². The van der Waals surface area contributed by atoms with Gasteiger partial charge in [0.15, 0.2) is 6.61 Å². The zero-order valence-corrected chi connectivity index (χ0v) is 17.6. The number of hydrogen-bond donors (Lipinski definition) is 1. The highest BCUT2D eigenvalue weighted by Gasteiger charge is 2.23. The highest BCUT2D eigenvalue weighted by Crippen LogP contribution is 2.34. The van der Waals surface area contributed by atoms with Gasteiger partial charge in [-0.15, -0.1) is 11.3 Å². The van der Waals surface area contributed by atoms with E-state index in [4.69, 9.17) is 14.2 Å². The second-order valence-electron chi connectivity index (χ2n) is 6.04. The quantitative estimate of drug-likeness (QED) is 0.590. The van der Waals surface area contributed by atoms with Gasteiger partial charge in [-0.25, -0.2) is 4.79 Å². The van der Waals surface area contributed by atoms with Gasteiger partial charge < -0.3 is 19.5 Å². The van der Waals surface area contributed by atoms with Gasteiger partial charge in [0.2, 0.25) is 0 Å². The van der Waals surface area contributed by atoms with Crippen molar-refractivity contribution in [3.8, 4) is 5.75 Å². The molecule has 1 heterocycles.